The van der Waals surface area contributed by atoms with E-state index >= 15 is 0 Å². The van der Waals surface area contributed by atoms with Gasteiger partial charge in [0.15, 0.2) is 0 Å². The molecule has 2 atom stereocenters. The summed E-state index contributed by atoms with van der Waals surface area (Å²) >= 11 is 0. The number of sulfonamides is 1. The minimum atomic E-state index is -3.57. The Hall–Kier alpha value is -3.65. The van der Waals surface area contributed by atoms with Crippen molar-refractivity contribution in [3.63, 3.8) is 0 Å². The second kappa shape index (κ2) is 14.8. The van der Waals surface area contributed by atoms with Crippen molar-refractivity contribution in [2.75, 3.05) is 17.1 Å². The van der Waals surface area contributed by atoms with Gasteiger partial charge in [-0.15, -0.1) is 0 Å². The molecule has 0 bridgehead atoms. The second-order valence-corrected chi connectivity index (χ2v) is 12.6. The zero-order valence-corrected chi connectivity index (χ0v) is 25.7. The molecular weight excluding hydrogens is 534 g/mol. The van der Waals surface area contributed by atoms with E-state index in [2.05, 4.69) is 5.32 Å². The summed E-state index contributed by atoms with van der Waals surface area (Å²) in [4.78, 5) is 29.2. The Labute approximate surface area is 245 Å². The molecule has 0 spiro atoms. The highest BCUT2D eigenvalue weighted by Gasteiger charge is 2.31. The van der Waals surface area contributed by atoms with Crippen LogP contribution in [0.1, 0.15) is 55.4 Å². The van der Waals surface area contributed by atoms with Crippen LogP contribution in [0.4, 0.5) is 5.69 Å². The van der Waals surface area contributed by atoms with E-state index in [1.807, 2.05) is 100 Å². The van der Waals surface area contributed by atoms with Gasteiger partial charge in [0.25, 0.3) is 0 Å². The van der Waals surface area contributed by atoms with E-state index in [4.69, 9.17) is 0 Å². The number of hydrogen-bond acceptors (Lipinski definition) is 4. The Morgan fingerprint density at radius 2 is 1.49 bits per heavy atom. The Morgan fingerprint density at radius 1 is 0.878 bits per heavy atom. The Kier molecular flexibility index (Phi) is 11.5. The highest BCUT2D eigenvalue weighted by atomic mass is 32.2. The quantitative estimate of drug-likeness (QED) is 0.278. The third kappa shape index (κ3) is 9.18. The molecule has 220 valence electrons. The van der Waals surface area contributed by atoms with E-state index in [1.165, 1.54) is 10.6 Å². The fourth-order valence-corrected chi connectivity index (χ4v) is 5.78. The predicted molar refractivity (Wildman–Crippen MR) is 166 cm³/mol. The maximum Gasteiger partial charge on any atom is 0.243 e. The van der Waals surface area contributed by atoms with Crippen LogP contribution in [-0.2, 0) is 32.6 Å². The van der Waals surface area contributed by atoms with Crippen LogP contribution in [0.2, 0.25) is 0 Å². The summed E-state index contributed by atoms with van der Waals surface area (Å²) in [7, 11) is -3.57. The van der Waals surface area contributed by atoms with E-state index in [1.54, 1.807) is 11.0 Å². The van der Waals surface area contributed by atoms with Crippen molar-refractivity contribution >= 4 is 27.5 Å². The van der Waals surface area contributed by atoms with Crippen LogP contribution in [0.25, 0.3) is 0 Å². The van der Waals surface area contributed by atoms with Gasteiger partial charge >= 0.3 is 0 Å². The number of aryl methyl sites for hydroxylation is 1. The van der Waals surface area contributed by atoms with Crippen LogP contribution in [0.15, 0.2) is 78.9 Å². The molecule has 8 heteroatoms. The summed E-state index contributed by atoms with van der Waals surface area (Å²) in [6.07, 6.45) is 2.75. The smallest absolute Gasteiger partial charge is 0.243 e. The SMILES string of the molecule is CC[C@H](C)NC(=O)[C@H](Cc1ccccc1)N(Cc1ccccc1)C(=O)CCCN(c1cccc(C)c1C)S(C)(=O)=O. The Bertz CT molecular complexity index is 1390. The summed E-state index contributed by atoms with van der Waals surface area (Å²) in [5, 5.41) is 3.08. The van der Waals surface area contributed by atoms with Crippen LogP contribution in [0.5, 0.6) is 0 Å². The van der Waals surface area contributed by atoms with E-state index in [0.717, 1.165) is 28.7 Å². The average molecular weight is 578 g/mol. The molecule has 1 N–H and O–H groups in total. The average Bonchev–Trinajstić information content (AvgIpc) is 2.95. The highest BCUT2D eigenvalue weighted by molar-refractivity contribution is 7.92. The van der Waals surface area contributed by atoms with Crippen molar-refractivity contribution in [3.8, 4) is 0 Å². The largest absolute Gasteiger partial charge is 0.352 e. The van der Waals surface area contributed by atoms with Crippen molar-refractivity contribution in [2.45, 2.75) is 72.0 Å². The first-order chi connectivity index (χ1) is 19.5. The molecule has 0 aliphatic rings. The van der Waals surface area contributed by atoms with Crippen LogP contribution < -0.4 is 9.62 Å². The number of nitrogens with one attached hydrogen (secondary N) is 1. The number of hydrogen-bond donors (Lipinski definition) is 1. The number of nitrogens with zero attached hydrogens (tertiary/aromatic N) is 2. The Balaban J connectivity index is 1.89. The lowest BCUT2D eigenvalue weighted by Crippen LogP contribution is -2.52. The highest BCUT2D eigenvalue weighted by Crippen LogP contribution is 2.26. The van der Waals surface area contributed by atoms with E-state index in [9.17, 15) is 18.0 Å². The van der Waals surface area contributed by atoms with Crippen molar-refractivity contribution in [3.05, 3.63) is 101 Å². The number of amides is 2. The zero-order chi connectivity index (χ0) is 30.0. The lowest BCUT2D eigenvalue weighted by molar-refractivity contribution is -0.141. The standard InChI is InChI=1S/C33H43N3O4S/c1-6-26(3)34-33(38)31(23-28-16-9-7-10-17-28)35(24-29-18-11-8-12-19-29)32(37)21-14-22-36(41(5,39)40)30-20-13-15-25(2)27(30)4/h7-13,15-20,26,31H,6,14,21-24H2,1-5H3,(H,34,38)/t26-,31-/m0/s1. The fourth-order valence-electron chi connectivity index (χ4n) is 4.76. The summed E-state index contributed by atoms with van der Waals surface area (Å²) in [6, 6.07) is 24.2. The van der Waals surface area contributed by atoms with Gasteiger partial charge in [0, 0.05) is 32.0 Å². The first kappa shape index (κ1) is 31.9. The molecule has 0 aliphatic heterocycles. The van der Waals surface area contributed by atoms with Gasteiger partial charge in [0.2, 0.25) is 21.8 Å². The van der Waals surface area contributed by atoms with E-state index < -0.39 is 16.1 Å². The summed E-state index contributed by atoms with van der Waals surface area (Å²) < 4.78 is 26.9. The van der Waals surface area contributed by atoms with Gasteiger partial charge in [-0.25, -0.2) is 8.42 Å². The maximum absolute atomic E-state index is 13.9. The first-order valence-corrected chi connectivity index (χ1v) is 16.1. The molecule has 0 aliphatic carbocycles. The van der Waals surface area contributed by atoms with Crippen molar-refractivity contribution in [2.24, 2.45) is 0 Å². The molecule has 0 heterocycles. The molecule has 0 aromatic heterocycles. The molecule has 3 aromatic rings. The molecule has 0 fully saturated rings. The molecule has 0 saturated carbocycles. The molecule has 3 rings (SSSR count). The van der Waals surface area contributed by atoms with Gasteiger partial charge in [-0.3, -0.25) is 13.9 Å². The molecular formula is C33H43N3O4S. The van der Waals surface area contributed by atoms with Crippen LogP contribution in [0, 0.1) is 13.8 Å². The van der Waals surface area contributed by atoms with Gasteiger partial charge in [0.05, 0.1) is 11.9 Å². The normalized spacial score (nSPS) is 12.8. The van der Waals surface area contributed by atoms with Gasteiger partial charge < -0.3 is 10.2 Å². The Morgan fingerprint density at radius 3 is 2.07 bits per heavy atom. The van der Waals surface area contributed by atoms with E-state index in [0.29, 0.717) is 18.5 Å². The monoisotopic (exact) mass is 577 g/mol. The topological polar surface area (TPSA) is 86.8 Å². The van der Waals surface area contributed by atoms with Gasteiger partial charge in [-0.05, 0) is 61.9 Å². The molecule has 7 nitrogen and oxygen atoms in total. The van der Waals surface area contributed by atoms with Crippen LogP contribution >= 0.6 is 0 Å². The second-order valence-electron chi connectivity index (χ2n) is 10.7. The molecule has 0 unspecified atom stereocenters. The van der Waals surface area contributed by atoms with Gasteiger partial charge in [0.1, 0.15) is 6.04 Å². The third-order valence-corrected chi connectivity index (χ3v) is 8.64. The van der Waals surface area contributed by atoms with Gasteiger partial charge in [-0.1, -0.05) is 79.7 Å². The zero-order valence-electron chi connectivity index (χ0n) is 24.8. The molecule has 0 radical (unpaired) electrons. The van der Waals surface area contributed by atoms with Crippen LogP contribution in [-0.4, -0.2) is 50.0 Å². The molecule has 3 aromatic carbocycles. The maximum atomic E-state index is 13.9. The molecule has 2 amide bonds. The molecule has 41 heavy (non-hydrogen) atoms. The summed E-state index contributed by atoms with van der Waals surface area (Å²) in [5.74, 6) is -0.385. The number of carbonyl (C=O) groups excluding carboxylic acids is 2. The number of benzene rings is 3. The summed E-state index contributed by atoms with van der Waals surface area (Å²) in [5.41, 5.74) is 4.39. The van der Waals surface area contributed by atoms with Crippen LogP contribution in [0.3, 0.4) is 0 Å². The lowest BCUT2D eigenvalue weighted by Gasteiger charge is -2.33. The third-order valence-electron chi connectivity index (χ3n) is 7.46. The fraction of sp³-hybridized carbons (Fsp3) is 0.394. The minimum Gasteiger partial charge on any atom is -0.352 e. The number of carbonyl (C=O) groups is 2. The van der Waals surface area contributed by atoms with Crippen molar-refractivity contribution in [1.82, 2.24) is 10.2 Å². The predicted octanol–water partition coefficient (Wildman–Crippen LogP) is 5.40. The number of anilines is 1. The van der Waals surface area contributed by atoms with Crippen molar-refractivity contribution in [1.29, 1.82) is 0 Å². The molecule has 0 saturated heterocycles. The lowest BCUT2D eigenvalue weighted by atomic mass is 10.0. The van der Waals surface area contributed by atoms with E-state index in [-0.39, 0.29) is 37.4 Å². The van der Waals surface area contributed by atoms with Crippen molar-refractivity contribution < 1.29 is 18.0 Å². The minimum absolute atomic E-state index is 0.0321. The van der Waals surface area contributed by atoms with Gasteiger partial charge in [-0.2, -0.15) is 0 Å². The summed E-state index contributed by atoms with van der Waals surface area (Å²) in [6.45, 7) is 8.25. The number of rotatable bonds is 14. The first-order valence-electron chi connectivity index (χ1n) is 14.2.